The number of piperazine rings is 1. The van der Waals surface area contributed by atoms with E-state index in [1.54, 1.807) is 30.3 Å². The van der Waals surface area contributed by atoms with Crippen molar-refractivity contribution in [2.75, 3.05) is 31.1 Å². The molecule has 1 fully saturated rings. The van der Waals surface area contributed by atoms with Crippen LogP contribution in [0.4, 0.5) is 5.95 Å². The average molecular weight is 398 g/mol. The zero-order chi connectivity index (χ0) is 20.7. The van der Waals surface area contributed by atoms with Gasteiger partial charge in [-0.05, 0) is 5.56 Å². The van der Waals surface area contributed by atoms with Gasteiger partial charge >= 0.3 is 11.7 Å². The molecule has 1 aromatic carbocycles. The van der Waals surface area contributed by atoms with Gasteiger partial charge in [0.15, 0.2) is 17.2 Å². The van der Waals surface area contributed by atoms with E-state index in [9.17, 15) is 19.5 Å². The Kier molecular flexibility index (Phi) is 4.71. The monoisotopic (exact) mass is 398 g/mol. The van der Waals surface area contributed by atoms with Crippen molar-refractivity contribution in [3.8, 4) is 0 Å². The van der Waals surface area contributed by atoms with Crippen LogP contribution in [0.25, 0.3) is 11.2 Å². The number of hydrogen-bond donors (Lipinski definition) is 2. The van der Waals surface area contributed by atoms with Crippen molar-refractivity contribution >= 4 is 23.1 Å². The lowest BCUT2D eigenvalue weighted by Gasteiger charge is -2.30. The van der Waals surface area contributed by atoms with Crippen molar-refractivity contribution in [2.24, 2.45) is 14.1 Å². The molecule has 152 valence electrons. The number of benzene rings is 1. The first-order chi connectivity index (χ1) is 13.9. The number of imidazole rings is 1. The van der Waals surface area contributed by atoms with Gasteiger partial charge in [-0.15, -0.1) is 0 Å². The second-order valence-corrected chi connectivity index (χ2v) is 7.05. The lowest BCUT2D eigenvalue weighted by molar-refractivity contribution is -0.139. The Hall–Kier alpha value is -3.40. The topological polar surface area (TPSA) is 114 Å². The summed E-state index contributed by atoms with van der Waals surface area (Å²) in [7, 11) is 2.91. The van der Waals surface area contributed by atoms with Gasteiger partial charge in [-0.2, -0.15) is 4.98 Å². The number of anilines is 1. The van der Waals surface area contributed by atoms with E-state index in [-0.39, 0.29) is 11.2 Å². The van der Waals surface area contributed by atoms with Crippen LogP contribution in [0, 0.1) is 0 Å². The van der Waals surface area contributed by atoms with Crippen LogP contribution < -0.4 is 21.5 Å². The third-order valence-electron chi connectivity index (χ3n) is 5.28. The average Bonchev–Trinajstić information content (AvgIpc) is 3.12. The molecule has 0 radical (unpaired) electrons. The number of aryl methyl sites for hydroxylation is 1. The van der Waals surface area contributed by atoms with Crippen LogP contribution in [0.3, 0.4) is 0 Å². The SMILES string of the molecule is Cn1c(=O)c2c(nc(N3CCNCC3)n2C(C(=O)O)c2ccccc2)n(C)c1=O. The maximum atomic E-state index is 13.0. The van der Waals surface area contributed by atoms with Gasteiger partial charge in [-0.3, -0.25) is 18.5 Å². The third-order valence-corrected chi connectivity index (χ3v) is 5.28. The number of aliphatic carboxylic acids is 1. The zero-order valence-corrected chi connectivity index (χ0v) is 16.2. The minimum absolute atomic E-state index is 0.0967. The Morgan fingerprint density at radius 1 is 1.10 bits per heavy atom. The van der Waals surface area contributed by atoms with E-state index in [1.165, 1.54) is 23.2 Å². The predicted molar refractivity (Wildman–Crippen MR) is 108 cm³/mol. The van der Waals surface area contributed by atoms with E-state index in [2.05, 4.69) is 10.3 Å². The molecule has 0 amide bonds. The lowest BCUT2D eigenvalue weighted by Crippen LogP contribution is -2.45. The molecule has 4 rings (SSSR count). The van der Waals surface area contributed by atoms with E-state index in [4.69, 9.17) is 0 Å². The summed E-state index contributed by atoms with van der Waals surface area (Å²) in [6.45, 7) is 2.64. The van der Waals surface area contributed by atoms with Gasteiger partial charge in [0, 0.05) is 40.3 Å². The molecule has 0 saturated carbocycles. The number of carbonyl (C=O) groups is 1. The second-order valence-electron chi connectivity index (χ2n) is 7.05. The predicted octanol–water partition coefficient (Wildman–Crippen LogP) is -0.483. The van der Waals surface area contributed by atoms with Gasteiger partial charge in [0.1, 0.15) is 0 Å². The Balaban J connectivity index is 2.10. The molecule has 0 spiro atoms. The summed E-state index contributed by atoms with van der Waals surface area (Å²) in [5.41, 5.74) is -0.287. The van der Waals surface area contributed by atoms with Gasteiger partial charge in [0.25, 0.3) is 5.56 Å². The van der Waals surface area contributed by atoms with Crippen LogP contribution in [-0.4, -0.2) is 55.9 Å². The fourth-order valence-electron chi connectivity index (χ4n) is 3.77. The maximum absolute atomic E-state index is 13.0. The molecule has 1 atom stereocenters. The highest BCUT2D eigenvalue weighted by Crippen LogP contribution is 2.29. The van der Waals surface area contributed by atoms with Crippen molar-refractivity contribution in [3.05, 3.63) is 56.7 Å². The molecule has 1 aliphatic rings. The van der Waals surface area contributed by atoms with Crippen LogP contribution in [0.5, 0.6) is 0 Å². The smallest absolute Gasteiger partial charge is 0.332 e. The minimum atomic E-state index is -1.16. The zero-order valence-electron chi connectivity index (χ0n) is 16.2. The fraction of sp³-hybridized carbons (Fsp3) is 0.368. The highest BCUT2D eigenvalue weighted by Gasteiger charge is 2.32. The van der Waals surface area contributed by atoms with Crippen LogP contribution in [0.1, 0.15) is 11.6 Å². The van der Waals surface area contributed by atoms with Gasteiger partial charge in [-0.1, -0.05) is 30.3 Å². The quantitative estimate of drug-likeness (QED) is 0.610. The van der Waals surface area contributed by atoms with Crippen LogP contribution in [0.15, 0.2) is 39.9 Å². The van der Waals surface area contributed by atoms with Crippen molar-refractivity contribution in [1.82, 2.24) is 24.0 Å². The van der Waals surface area contributed by atoms with Gasteiger partial charge in [0.2, 0.25) is 5.95 Å². The molecule has 0 aliphatic carbocycles. The normalized spacial score (nSPS) is 15.6. The molecule has 10 heteroatoms. The summed E-state index contributed by atoms with van der Waals surface area (Å²) >= 11 is 0. The number of nitrogens with one attached hydrogen (secondary N) is 1. The Morgan fingerprint density at radius 2 is 1.76 bits per heavy atom. The number of carboxylic acids is 1. The van der Waals surface area contributed by atoms with Gasteiger partial charge in [0.05, 0.1) is 0 Å². The summed E-state index contributed by atoms with van der Waals surface area (Å²) in [5.74, 6) is -0.737. The van der Waals surface area contributed by atoms with E-state index in [0.717, 1.165) is 4.57 Å². The van der Waals surface area contributed by atoms with Gasteiger partial charge in [-0.25, -0.2) is 9.59 Å². The first-order valence-electron chi connectivity index (χ1n) is 9.33. The standard InChI is InChI=1S/C19H22N6O4/c1-22-15-14(16(26)23(2)19(22)29)25(18(21-15)24-10-8-20-9-11-24)13(17(27)28)12-6-4-3-5-7-12/h3-7,13,20H,8-11H2,1-2H3,(H,27,28). The van der Waals surface area contributed by atoms with E-state index < -0.39 is 23.3 Å². The van der Waals surface area contributed by atoms with E-state index in [1.807, 2.05) is 4.90 Å². The Morgan fingerprint density at radius 3 is 2.38 bits per heavy atom. The van der Waals surface area contributed by atoms with Crippen molar-refractivity contribution in [2.45, 2.75) is 6.04 Å². The van der Waals surface area contributed by atoms with Crippen molar-refractivity contribution in [1.29, 1.82) is 0 Å². The number of aromatic nitrogens is 4. The van der Waals surface area contributed by atoms with Crippen LogP contribution in [-0.2, 0) is 18.9 Å². The molecule has 1 aliphatic heterocycles. The molecule has 3 heterocycles. The Labute approximate surface area is 165 Å². The first-order valence-corrected chi connectivity index (χ1v) is 9.33. The summed E-state index contributed by atoms with van der Waals surface area (Å²) in [4.78, 5) is 44.3. The molecule has 1 unspecified atom stereocenters. The largest absolute Gasteiger partial charge is 0.479 e. The lowest BCUT2D eigenvalue weighted by atomic mass is 10.1. The number of fused-ring (bicyclic) bond motifs is 1. The molecule has 2 aromatic heterocycles. The summed E-state index contributed by atoms with van der Waals surface area (Å²) in [6.07, 6.45) is 0. The molecule has 29 heavy (non-hydrogen) atoms. The van der Waals surface area contributed by atoms with Crippen LogP contribution in [0.2, 0.25) is 0 Å². The Bertz CT molecular complexity index is 1190. The highest BCUT2D eigenvalue weighted by atomic mass is 16.4. The fourth-order valence-corrected chi connectivity index (χ4v) is 3.77. The molecule has 1 saturated heterocycles. The van der Waals surface area contributed by atoms with Crippen LogP contribution >= 0.6 is 0 Å². The minimum Gasteiger partial charge on any atom is -0.479 e. The van der Waals surface area contributed by atoms with E-state index >= 15 is 0 Å². The summed E-state index contributed by atoms with van der Waals surface area (Å²) in [5, 5.41) is 13.4. The number of rotatable bonds is 4. The molecular formula is C19H22N6O4. The maximum Gasteiger partial charge on any atom is 0.332 e. The molecular weight excluding hydrogens is 376 g/mol. The molecule has 0 bridgehead atoms. The number of hydrogen-bond acceptors (Lipinski definition) is 6. The van der Waals surface area contributed by atoms with Gasteiger partial charge < -0.3 is 15.3 Å². The van der Waals surface area contributed by atoms with E-state index in [0.29, 0.717) is 37.7 Å². The van der Waals surface area contributed by atoms with Crippen molar-refractivity contribution in [3.63, 3.8) is 0 Å². The second kappa shape index (κ2) is 7.21. The molecule has 2 N–H and O–H groups in total. The number of carboxylic acid groups (broad SMARTS) is 1. The molecule has 10 nitrogen and oxygen atoms in total. The molecule has 3 aromatic rings. The summed E-state index contributed by atoms with van der Waals surface area (Å²) in [6, 6.07) is 7.56. The van der Waals surface area contributed by atoms with Crippen molar-refractivity contribution < 1.29 is 9.90 Å². The first kappa shape index (κ1) is 18.9. The summed E-state index contributed by atoms with van der Waals surface area (Å²) < 4.78 is 3.72. The third kappa shape index (κ3) is 3.01. The number of nitrogens with zero attached hydrogens (tertiary/aromatic N) is 5. The highest BCUT2D eigenvalue weighted by molar-refractivity contribution is 5.83.